The Hall–Kier alpha value is -4.40. The quantitative estimate of drug-likeness (QED) is 0.295. The van der Waals surface area contributed by atoms with Crippen LogP contribution in [-0.2, 0) is 6.61 Å². The number of fused-ring (bicyclic) bond motifs is 1. The zero-order chi connectivity index (χ0) is 25.9. The Morgan fingerprint density at radius 1 is 1.19 bits per heavy atom. The fourth-order valence-corrected chi connectivity index (χ4v) is 3.41. The van der Waals surface area contributed by atoms with E-state index >= 15 is 0 Å². The molecule has 184 valence electrons. The molecule has 11 heteroatoms. The molecule has 0 spiro atoms. The lowest BCUT2D eigenvalue weighted by Gasteiger charge is -2.22. The van der Waals surface area contributed by atoms with E-state index in [9.17, 15) is 19.4 Å². The maximum Gasteiger partial charge on any atom is 0.255 e. The van der Waals surface area contributed by atoms with Crippen molar-refractivity contribution in [1.82, 2.24) is 24.9 Å². The summed E-state index contributed by atoms with van der Waals surface area (Å²) in [5.74, 6) is -0.583. The molecule has 0 aliphatic rings. The third-order valence-electron chi connectivity index (χ3n) is 5.51. The lowest BCUT2D eigenvalue weighted by molar-refractivity contribution is -0.00177. The van der Waals surface area contributed by atoms with Crippen molar-refractivity contribution in [2.24, 2.45) is 0 Å². The smallest absolute Gasteiger partial charge is 0.255 e. The number of carbonyl (C=O) groups is 1. The van der Waals surface area contributed by atoms with Gasteiger partial charge in [0.15, 0.2) is 0 Å². The minimum absolute atomic E-state index is 0.147. The number of alkyl halides is 1. The molecule has 4 rings (SSSR count). The van der Waals surface area contributed by atoms with Gasteiger partial charge < -0.3 is 20.8 Å². The van der Waals surface area contributed by atoms with Gasteiger partial charge in [0.25, 0.3) is 5.91 Å². The SMILES string of the molecule is CC(C)(O)C(F)CNC(=O)c1cnc(-c2ccc3cc(C#N)cnn23)cc1Nc1ccc(CO)nc1. The molecule has 4 N–H and O–H groups in total. The molecule has 0 aliphatic heterocycles. The van der Waals surface area contributed by atoms with Crippen LogP contribution < -0.4 is 10.6 Å². The van der Waals surface area contributed by atoms with Gasteiger partial charge in [-0.15, -0.1) is 0 Å². The van der Waals surface area contributed by atoms with Crippen molar-refractivity contribution < 1.29 is 19.4 Å². The molecule has 0 saturated heterocycles. The number of hydrogen-bond acceptors (Lipinski definition) is 8. The maximum atomic E-state index is 14.2. The van der Waals surface area contributed by atoms with Crippen LogP contribution in [0.15, 0.2) is 55.0 Å². The molecule has 0 saturated carbocycles. The number of carbonyl (C=O) groups excluding carboxylic acids is 1. The second kappa shape index (κ2) is 10.1. The van der Waals surface area contributed by atoms with E-state index in [4.69, 9.17) is 5.26 Å². The molecule has 0 aliphatic carbocycles. The largest absolute Gasteiger partial charge is 0.390 e. The molecule has 0 radical (unpaired) electrons. The maximum absolute atomic E-state index is 14.2. The van der Waals surface area contributed by atoms with E-state index in [0.717, 1.165) is 0 Å². The zero-order valence-corrected chi connectivity index (χ0v) is 19.6. The van der Waals surface area contributed by atoms with Gasteiger partial charge in [-0.1, -0.05) is 0 Å². The van der Waals surface area contributed by atoms with E-state index in [1.807, 2.05) is 0 Å². The molecule has 0 bridgehead atoms. The highest BCUT2D eigenvalue weighted by Crippen LogP contribution is 2.27. The average molecular weight is 490 g/mol. The number of nitrogens with zero attached hydrogens (tertiary/aromatic N) is 5. The molecule has 10 nitrogen and oxygen atoms in total. The van der Waals surface area contributed by atoms with E-state index in [2.05, 4.69) is 31.8 Å². The first kappa shape index (κ1) is 24.7. The van der Waals surface area contributed by atoms with Gasteiger partial charge in [0, 0.05) is 6.20 Å². The van der Waals surface area contributed by atoms with Gasteiger partial charge >= 0.3 is 0 Å². The summed E-state index contributed by atoms with van der Waals surface area (Å²) < 4.78 is 15.8. The predicted molar refractivity (Wildman–Crippen MR) is 130 cm³/mol. The molecule has 4 aromatic heterocycles. The van der Waals surface area contributed by atoms with Crippen LogP contribution in [0.3, 0.4) is 0 Å². The summed E-state index contributed by atoms with van der Waals surface area (Å²) in [6.07, 6.45) is 2.65. The van der Waals surface area contributed by atoms with Crippen molar-refractivity contribution in [1.29, 1.82) is 5.26 Å². The summed E-state index contributed by atoms with van der Waals surface area (Å²) in [7, 11) is 0. The van der Waals surface area contributed by atoms with Crippen molar-refractivity contribution in [3.05, 3.63) is 71.8 Å². The predicted octanol–water partition coefficient (Wildman–Crippen LogP) is 2.74. The van der Waals surface area contributed by atoms with Gasteiger partial charge in [-0.25, -0.2) is 8.91 Å². The van der Waals surface area contributed by atoms with Crippen LogP contribution in [0.4, 0.5) is 15.8 Å². The van der Waals surface area contributed by atoms with Crippen molar-refractivity contribution in [3.63, 3.8) is 0 Å². The average Bonchev–Trinajstić information content (AvgIpc) is 3.30. The first-order valence-electron chi connectivity index (χ1n) is 11.1. The van der Waals surface area contributed by atoms with Gasteiger partial charge in [0.2, 0.25) is 0 Å². The molecule has 0 aromatic carbocycles. The number of rotatable bonds is 8. The number of nitriles is 1. The van der Waals surface area contributed by atoms with E-state index in [1.54, 1.807) is 40.9 Å². The Balaban J connectivity index is 1.70. The number of halogens is 1. The number of hydrogen-bond donors (Lipinski definition) is 4. The van der Waals surface area contributed by atoms with Crippen LogP contribution >= 0.6 is 0 Å². The summed E-state index contributed by atoms with van der Waals surface area (Å²) in [5.41, 5.74) is 2.19. The Morgan fingerprint density at radius 3 is 2.67 bits per heavy atom. The number of aliphatic hydroxyl groups excluding tert-OH is 1. The first-order chi connectivity index (χ1) is 17.2. The lowest BCUT2D eigenvalue weighted by Crippen LogP contribution is -2.42. The van der Waals surface area contributed by atoms with Crippen LogP contribution in [0.25, 0.3) is 16.9 Å². The van der Waals surface area contributed by atoms with Crippen molar-refractivity contribution >= 4 is 22.8 Å². The Labute approximate surface area is 206 Å². The van der Waals surface area contributed by atoms with Gasteiger partial charge in [0.1, 0.15) is 12.2 Å². The Bertz CT molecular complexity index is 1440. The topological polar surface area (TPSA) is 148 Å². The van der Waals surface area contributed by atoms with E-state index in [1.165, 1.54) is 32.4 Å². The zero-order valence-electron chi connectivity index (χ0n) is 19.6. The van der Waals surface area contributed by atoms with Crippen LogP contribution in [0.5, 0.6) is 0 Å². The van der Waals surface area contributed by atoms with Crippen LogP contribution in [0.1, 0.15) is 35.5 Å². The number of aliphatic hydroxyl groups is 2. The van der Waals surface area contributed by atoms with Gasteiger partial charge in [0.05, 0.1) is 76.2 Å². The van der Waals surface area contributed by atoms with E-state index in [0.29, 0.717) is 39.5 Å². The molecular weight excluding hydrogens is 465 g/mol. The standard InChI is InChI=1S/C25H24FN7O3/c1-25(2,36)23(26)13-30-24(35)19-12-29-21(8-20(19)32-16-3-4-17(14-34)28-11-16)22-6-5-18-7-15(9-27)10-31-33(18)22/h3-8,10-12,23,34,36H,13-14H2,1-2H3,(H,29,32)(H,30,35). The highest BCUT2D eigenvalue weighted by molar-refractivity contribution is 6.00. The molecule has 4 heterocycles. The third kappa shape index (κ3) is 5.30. The third-order valence-corrected chi connectivity index (χ3v) is 5.51. The molecule has 0 fully saturated rings. The number of aromatic nitrogens is 4. The molecular formula is C25H24FN7O3. The molecule has 1 amide bonds. The van der Waals surface area contributed by atoms with Gasteiger partial charge in [-0.05, 0) is 50.2 Å². The van der Waals surface area contributed by atoms with Gasteiger partial charge in [-0.2, -0.15) is 10.4 Å². The molecule has 4 aromatic rings. The lowest BCUT2D eigenvalue weighted by atomic mass is 10.0. The van der Waals surface area contributed by atoms with Crippen LogP contribution in [0.2, 0.25) is 0 Å². The summed E-state index contributed by atoms with van der Waals surface area (Å²) in [6, 6.07) is 12.3. The second-order valence-corrected chi connectivity index (χ2v) is 8.68. The minimum Gasteiger partial charge on any atom is -0.390 e. The highest BCUT2D eigenvalue weighted by atomic mass is 19.1. The van der Waals surface area contributed by atoms with Crippen molar-refractivity contribution in [2.45, 2.75) is 32.2 Å². The molecule has 1 atom stereocenters. The van der Waals surface area contributed by atoms with Crippen molar-refractivity contribution in [3.8, 4) is 17.5 Å². The molecule has 36 heavy (non-hydrogen) atoms. The number of anilines is 2. The summed E-state index contributed by atoms with van der Waals surface area (Å²) in [5, 5.41) is 38.1. The van der Waals surface area contributed by atoms with E-state index < -0.39 is 17.7 Å². The fraction of sp³-hybridized carbons (Fsp3) is 0.240. The van der Waals surface area contributed by atoms with E-state index in [-0.39, 0.29) is 18.7 Å². The summed E-state index contributed by atoms with van der Waals surface area (Å²) in [4.78, 5) is 21.5. The van der Waals surface area contributed by atoms with Crippen LogP contribution in [0, 0.1) is 11.3 Å². The number of nitrogens with one attached hydrogen (secondary N) is 2. The normalized spacial score (nSPS) is 12.2. The highest BCUT2D eigenvalue weighted by Gasteiger charge is 2.27. The van der Waals surface area contributed by atoms with Crippen molar-refractivity contribution in [2.75, 3.05) is 11.9 Å². The minimum atomic E-state index is -1.67. The Morgan fingerprint density at radius 2 is 2.00 bits per heavy atom. The number of pyridine rings is 2. The van der Waals surface area contributed by atoms with Gasteiger partial charge in [-0.3, -0.25) is 14.8 Å². The van der Waals surface area contributed by atoms with Crippen LogP contribution in [-0.4, -0.2) is 54.0 Å². The fourth-order valence-electron chi connectivity index (χ4n) is 3.41. The summed E-state index contributed by atoms with van der Waals surface area (Å²) >= 11 is 0. The number of amides is 1. The Kier molecular flexibility index (Phi) is 6.91. The summed E-state index contributed by atoms with van der Waals surface area (Å²) in [6.45, 7) is 2.06. The first-order valence-corrected chi connectivity index (χ1v) is 11.1. The second-order valence-electron chi connectivity index (χ2n) is 8.68. The monoisotopic (exact) mass is 489 g/mol. The molecule has 1 unspecified atom stereocenters.